The summed E-state index contributed by atoms with van der Waals surface area (Å²) in [5.41, 5.74) is 5.57. The maximum absolute atomic E-state index is 13.2. The predicted molar refractivity (Wildman–Crippen MR) is 103 cm³/mol. The summed E-state index contributed by atoms with van der Waals surface area (Å²) < 4.78 is 1.61. The molecule has 0 amide bonds. The second-order valence-electron chi connectivity index (χ2n) is 5.68. The van der Waals surface area contributed by atoms with Crippen LogP contribution in [0.25, 0.3) is 28.1 Å². The van der Waals surface area contributed by atoms with E-state index in [4.69, 9.17) is 0 Å². The van der Waals surface area contributed by atoms with E-state index in [9.17, 15) is 10.1 Å². The highest BCUT2D eigenvalue weighted by Crippen LogP contribution is 2.26. The Morgan fingerprint density at radius 1 is 1.00 bits per heavy atom. The second kappa shape index (κ2) is 6.79. The van der Waals surface area contributed by atoms with Gasteiger partial charge in [-0.3, -0.25) is 9.36 Å². The number of aromatic nitrogens is 2. The summed E-state index contributed by atoms with van der Waals surface area (Å²) in [5, 5.41) is 11.4. The molecule has 4 aromatic rings. The second-order valence-corrected chi connectivity index (χ2v) is 6.40. The number of thiazole rings is 1. The van der Waals surface area contributed by atoms with Crippen molar-refractivity contribution in [3.8, 4) is 34.1 Å². The summed E-state index contributed by atoms with van der Waals surface area (Å²) in [6.45, 7) is 0. The Morgan fingerprint density at radius 2 is 1.77 bits per heavy atom. The minimum atomic E-state index is -0.169. The van der Waals surface area contributed by atoms with Crippen molar-refractivity contribution in [2.45, 2.75) is 0 Å². The zero-order valence-corrected chi connectivity index (χ0v) is 14.5. The molecule has 4 nitrogen and oxygen atoms in total. The summed E-state index contributed by atoms with van der Waals surface area (Å²) in [4.78, 5) is 17.6. The smallest absolute Gasteiger partial charge is 0.263 e. The molecule has 2 aromatic heterocycles. The Morgan fingerprint density at radius 3 is 2.50 bits per heavy atom. The van der Waals surface area contributed by atoms with Gasteiger partial charge in [0.15, 0.2) is 0 Å². The molecule has 0 fully saturated rings. The first-order chi connectivity index (χ1) is 12.8. The number of nitriles is 1. The van der Waals surface area contributed by atoms with Gasteiger partial charge in [-0.2, -0.15) is 5.26 Å². The van der Waals surface area contributed by atoms with Crippen molar-refractivity contribution >= 4 is 11.3 Å². The van der Waals surface area contributed by atoms with E-state index in [0.717, 1.165) is 16.9 Å². The topological polar surface area (TPSA) is 58.7 Å². The lowest BCUT2D eigenvalue weighted by Crippen LogP contribution is -2.20. The van der Waals surface area contributed by atoms with Crippen LogP contribution in [0.15, 0.2) is 82.5 Å². The highest BCUT2D eigenvalue weighted by atomic mass is 32.1. The number of pyridine rings is 1. The lowest BCUT2D eigenvalue weighted by molar-refractivity contribution is 0.994. The van der Waals surface area contributed by atoms with Crippen LogP contribution < -0.4 is 5.56 Å². The zero-order chi connectivity index (χ0) is 17.9. The van der Waals surface area contributed by atoms with Gasteiger partial charge in [-0.05, 0) is 24.3 Å². The molecular formula is C21H13N3OS. The van der Waals surface area contributed by atoms with Crippen LogP contribution in [0.4, 0.5) is 0 Å². The Kier molecular flexibility index (Phi) is 4.18. The van der Waals surface area contributed by atoms with Gasteiger partial charge >= 0.3 is 0 Å². The minimum Gasteiger partial charge on any atom is -0.283 e. The van der Waals surface area contributed by atoms with E-state index in [1.54, 1.807) is 34.5 Å². The molecule has 5 heteroatoms. The number of hydrogen-bond acceptors (Lipinski definition) is 4. The van der Waals surface area contributed by atoms with E-state index in [1.165, 1.54) is 11.3 Å². The van der Waals surface area contributed by atoms with Gasteiger partial charge in [0, 0.05) is 34.0 Å². The first-order valence-corrected chi connectivity index (χ1v) is 8.92. The molecule has 2 heterocycles. The fourth-order valence-corrected chi connectivity index (χ4v) is 3.43. The van der Waals surface area contributed by atoms with Crippen molar-refractivity contribution in [2.24, 2.45) is 0 Å². The fourth-order valence-electron chi connectivity index (χ4n) is 2.87. The number of benzene rings is 2. The van der Waals surface area contributed by atoms with Crippen molar-refractivity contribution in [2.75, 3.05) is 0 Å². The third-order valence-electron chi connectivity index (χ3n) is 4.12. The molecule has 0 aliphatic carbocycles. The average Bonchev–Trinajstić information content (AvgIpc) is 3.24. The number of hydrogen-bond donors (Lipinski definition) is 0. The molecule has 0 spiro atoms. The van der Waals surface area contributed by atoms with Crippen molar-refractivity contribution < 1.29 is 0 Å². The maximum atomic E-state index is 13.2. The van der Waals surface area contributed by atoms with Crippen LogP contribution >= 0.6 is 11.3 Å². The van der Waals surface area contributed by atoms with Crippen molar-refractivity contribution in [3.63, 3.8) is 0 Å². The van der Waals surface area contributed by atoms with Gasteiger partial charge in [0.2, 0.25) is 0 Å². The van der Waals surface area contributed by atoms with Gasteiger partial charge in [0.25, 0.3) is 5.56 Å². The van der Waals surface area contributed by atoms with Crippen molar-refractivity contribution in [1.29, 1.82) is 5.26 Å². The van der Waals surface area contributed by atoms with Gasteiger partial charge in [-0.1, -0.05) is 36.4 Å². The summed E-state index contributed by atoms with van der Waals surface area (Å²) in [6, 6.07) is 20.6. The largest absolute Gasteiger partial charge is 0.283 e. The van der Waals surface area contributed by atoms with E-state index < -0.39 is 0 Å². The molecule has 0 bridgehead atoms. The molecule has 124 valence electrons. The number of nitrogens with zero attached hydrogens (tertiary/aromatic N) is 3. The quantitative estimate of drug-likeness (QED) is 0.544. The zero-order valence-electron chi connectivity index (χ0n) is 13.7. The Hall–Kier alpha value is -3.49. The van der Waals surface area contributed by atoms with Gasteiger partial charge in [-0.25, -0.2) is 4.98 Å². The van der Waals surface area contributed by atoms with Gasteiger partial charge in [-0.15, -0.1) is 11.3 Å². The maximum Gasteiger partial charge on any atom is 0.263 e. The van der Waals surface area contributed by atoms with E-state index in [-0.39, 0.29) is 5.56 Å². The normalized spacial score (nSPS) is 10.4. The lowest BCUT2D eigenvalue weighted by atomic mass is 9.99. The third-order valence-corrected chi connectivity index (χ3v) is 4.70. The lowest BCUT2D eigenvalue weighted by Gasteiger charge is -2.12. The van der Waals surface area contributed by atoms with Gasteiger partial charge in [0.1, 0.15) is 0 Å². The standard InChI is InChI=1S/C21H13N3OS/c22-11-15-6-4-5-9-18(15)19-10-16(20-13-26-14-23-20)12-24(21(19)25)17-7-2-1-3-8-17/h1-10,12-14H. The summed E-state index contributed by atoms with van der Waals surface area (Å²) in [7, 11) is 0. The van der Waals surface area contributed by atoms with E-state index in [1.807, 2.05) is 47.8 Å². The minimum absolute atomic E-state index is 0.169. The molecule has 0 N–H and O–H groups in total. The van der Waals surface area contributed by atoms with Crippen LogP contribution in [-0.4, -0.2) is 9.55 Å². The molecule has 0 aliphatic heterocycles. The van der Waals surface area contributed by atoms with Crippen LogP contribution in [-0.2, 0) is 0 Å². The van der Waals surface area contributed by atoms with Crippen LogP contribution in [0, 0.1) is 11.3 Å². The Balaban J connectivity index is 2.04. The third kappa shape index (κ3) is 2.83. The van der Waals surface area contributed by atoms with Crippen LogP contribution in [0.5, 0.6) is 0 Å². The first-order valence-electron chi connectivity index (χ1n) is 7.98. The summed E-state index contributed by atoms with van der Waals surface area (Å²) >= 11 is 1.50. The van der Waals surface area contributed by atoms with E-state index >= 15 is 0 Å². The molecule has 0 saturated carbocycles. The fraction of sp³-hybridized carbons (Fsp3) is 0. The molecule has 26 heavy (non-hydrogen) atoms. The van der Waals surface area contributed by atoms with Gasteiger partial charge < -0.3 is 0 Å². The molecule has 2 aromatic carbocycles. The SMILES string of the molecule is N#Cc1ccccc1-c1cc(-c2cscn2)cn(-c2ccccc2)c1=O. The molecule has 0 saturated heterocycles. The Labute approximate surface area is 154 Å². The molecule has 0 atom stereocenters. The molecular weight excluding hydrogens is 342 g/mol. The average molecular weight is 355 g/mol. The molecule has 0 aliphatic rings. The number of para-hydroxylation sites is 1. The monoisotopic (exact) mass is 355 g/mol. The highest BCUT2D eigenvalue weighted by molar-refractivity contribution is 7.07. The predicted octanol–water partition coefficient (Wildman–Crippen LogP) is 4.50. The van der Waals surface area contributed by atoms with Crippen molar-refractivity contribution in [1.82, 2.24) is 9.55 Å². The van der Waals surface area contributed by atoms with Crippen LogP contribution in [0.2, 0.25) is 0 Å². The van der Waals surface area contributed by atoms with Crippen LogP contribution in [0.3, 0.4) is 0 Å². The molecule has 4 rings (SSSR count). The summed E-state index contributed by atoms with van der Waals surface area (Å²) in [6.07, 6.45) is 1.80. The van der Waals surface area contributed by atoms with Crippen LogP contribution in [0.1, 0.15) is 5.56 Å². The highest BCUT2D eigenvalue weighted by Gasteiger charge is 2.14. The van der Waals surface area contributed by atoms with Gasteiger partial charge in [0.05, 0.1) is 22.8 Å². The molecule has 0 unspecified atom stereocenters. The number of rotatable bonds is 3. The van der Waals surface area contributed by atoms with E-state index in [0.29, 0.717) is 16.7 Å². The summed E-state index contributed by atoms with van der Waals surface area (Å²) in [5.74, 6) is 0. The van der Waals surface area contributed by atoms with E-state index in [2.05, 4.69) is 11.1 Å². The first kappa shape index (κ1) is 16.0. The van der Waals surface area contributed by atoms with Crippen molar-refractivity contribution in [3.05, 3.63) is 93.7 Å². The molecule has 0 radical (unpaired) electrons. The Bertz CT molecular complexity index is 1160.